The molecule has 0 heterocycles. The molecule has 0 aliphatic heterocycles. The highest BCUT2D eigenvalue weighted by molar-refractivity contribution is 5.76. The summed E-state index contributed by atoms with van der Waals surface area (Å²) >= 11 is 0. The minimum atomic E-state index is -0.130. The van der Waals surface area contributed by atoms with Crippen LogP contribution in [0.25, 0.3) is 0 Å². The molecule has 0 spiro atoms. The molecule has 0 aliphatic rings. The Morgan fingerprint density at radius 1 is 1.00 bits per heavy atom. The zero-order chi connectivity index (χ0) is 15.1. The molecule has 0 aliphatic carbocycles. The van der Waals surface area contributed by atoms with Crippen LogP contribution in [0.5, 0.6) is 5.75 Å². The van der Waals surface area contributed by atoms with Gasteiger partial charge in [0.25, 0.3) is 0 Å². The minimum absolute atomic E-state index is 0.0396. The van der Waals surface area contributed by atoms with Gasteiger partial charge in [0.05, 0.1) is 12.6 Å². The number of carbonyl (C=O) groups is 1. The second kappa shape index (κ2) is 7.48. The summed E-state index contributed by atoms with van der Waals surface area (Å²) in [4.78, 5) is 11.8. The molecule has 0 saturated heterocycles. The van der Waals surface area contributed by atoms with Gasteiger partial charge in [-0.2, -0.15) is 0 Å². The number of hydrogen-bond acceptors (Lipinski definition) is 2. The van der Waals surface area contributed by atoms with Crippen molar-refractivity contribution in [2.75, 3.05) is 6.61 Å². The van der Waals surface area contributed by atoms with Crippen molar-refractivity contribution in [3.63, 3.8) is 0 Å². The Morgan fingerprint density at radius 3 is 2.19 bits per heavy atom. The average molecular weight is 283 g/mol. The summed E-state index contributed by atoms with van der Waals surface area (Å²) in [6.45, 7) is 4.46. The van der Waals surface area contributed by atoms with E-state index in [0.717, 1.165) is 16.9 Å². The molecule has 3 nitrogen and oxygen atoms in total. The Bertz CT molecular complexity index is 564. The second-order valence-electron chi connectivity index (χ2n) is 4.77. The van der Waals surface area contributed by atoms with Crippen LogP contribution in [0.2, 0.25) is 0 Å². The molecule has 0 radical (unpaired) electrons. The van der Waals surface area contributed by atoms with E-state index in [9.17, 15) is 4.79 Å². The van der Waals surface area contributed by atoms with Crippen molar-refractivity contribution in [3.8, 4) is 5.75 Å². The number of nitrogens with one attached hydrogen (secondary N) is 1. The van der Waals surface area contributed by atoms with E-state index in [-0.39, 0.29) is 11.9 Å². The van der Waals surface area contributed by atoms with Crippen LogP contribution in [0.4, 0.5) is 0 Å². The number of benzene rings is 2. The standard InChI is InChI=1S/C18H21NO2/c1-3-17(20)19-18(14-8-6-5-7-9-14)15-10-12-16(13-11-15)21-4-2/h5-13,18H,3-4H2,1-2H3,(H,19,20). The molecular formula is C18H21NO2. The first-order valence-electron chi connectivity index (χ1n) is 7.31. The van der Waals surface area contributed by atoms with Crippen LogP contribution >= 0.6 is 0 Å². The van der Waals surface area contributed by atoms with Crippen LogP contribution in [0.3, 0.4) is 0 Å². The van der Waals surface area contributed by atoms with Crippen LogP contribution in [0, 0.1) is 0 Å². The summed E-state index contributed by atoms with van der Waals surface area (Å²) in [7, 11) is 0. The van der Waals surface area contributed by atoms with Crippen molar-refractivity contribution in [2.45, 2.75) is 26.3 Å². The van der Waals surface area contributed by atoms with Crippen LogP contribution in [0.15, 0.2) is 54.6 Å². The molecular weight excluding hydrogens is 262 g/mol. The van der Waals surface area contributed by atoms with Gasteiger partial charge in [0.1, 0.15) is 5.75 Å². The van der Waals surface area contributed by atoms with E-state index in [1.165, 1.54) is 0 Å². The summed E-state index contributed by atoms with van der Waals surface area (Å²) < 4.78 is 5.46. The third-order valence-corrected chi connectivity index (χ3v) is 3.28. The van der Waals surface area contributed by atoms with Gasteiger partial charge < -0.3 is 10.1 Å². The first kappa shape index (κ1) is 15.1. The Morgan fingerprint density at radius 2 is 1.62 bits per heavy atom. The molecule has 110 valence electrons. The maximum absolute atomic E-state index is 11.8. The van der Waals surface area contributed by atoms with Gasteiger partial charge in [-0.3, -0.25) is 4.79 Å². The van der Waals surface area contributed by atoms with E-state index in [1.54, 1.807) is 0 Å². The Hall–Kier alpha value is -2.29. The molecule has 2 rings (SSSR count). The van der Waals surface area contributed by atoms with E-state index in [2.05, 4.69) is 5.32 Å². The fraction of sp³-hybridized carbons (Fsp3) is 0.278. The topological polar surface area (TPSA) is 38.3 Å². The van der Waals surface area contributed by atoms with Crippen molar-refractivity contribution >= 4 is 5.91 Å². The van der Waals surface area contributed by atoms with Gasteiger partial charge >= 0.3 is 0 Å². The van der Waals surface area contributed by atoms with Gasteiger partial charge in [-0.15, -0.1) is 0 Å². The van der Waals surface area contributed by atoms with Crippen molar-refractivity contribution in [1.82, 2.24) is 5.32 Å². The largest absolute Gasteiger partial charge is 0.494 e. The maximum atomic E-state index is 11.8. The first-order chi connectivity index (χ1) is 10.2. The third kappa shape index (κ3) is 4.09. The fourth-order valence-electron chi connectivity index (χ4n) is 2.19. The van der Waals surface area contributed by atoms with Crippen molar-refractivity contribution in [1.29, 1.82) is 0 Å². The molecule has 0 saturated carbocycles. The smallest absolute Gasteiger partial charge is 0.220 e. The minimum Gasteiger partial charge on any atom is -0.494 e. The molecule has 3 heteroatoms. The summed E-state index contributed by atoms with van der Waals surface area (Å²) in [5, 5.41) is 3.07. The van der Waals surface area contributed by atoms with Crippen LogP contribution < -0.4 is 10.1 Å². The monoisotopic (exact) mass is 283 g/mol. The molecule has 1 unspecified atom stereocenters. The number of ether oxygens (including phenoxy) is 1. The average Bonchev–Trinajstić information content (AvgIpc) is 2.54. The number of rotatable bonds is 6. The third-order valence-electron chi connectivity index (χ3n) is 3.28. The molecule has 2 aromatic carbocycles. The van der Waals surface area contributed by atoms with E-state index in [1.807, 2.05) is 68.4 Å². The normalized spacial score (nSPS) is 11.7. The van der Waals surface area contributed by atoms with Gasteiger partial charge in [0, 0.05) is 6.42 Å². The highest BCUT2D eigenvalue weighted by atomic mass is 16.5. The fourth-order valence-corrected chi connectivity index (χ4v) is 2.19. The van der Waals surface area contributed by atoms with E-state index in [0.29, 0.717) is 13.0 Å². The molecule has 1 N–H and O–H groups in total. The van der Waals surface area contributed by atoms with Crippen LogP contribution in [0.1, 0.15) is 37.4 Å². The lowest BCUT2D eigenvalue weighted by Gasteiger charge is -2.20. The summed E-state index contributed by atoms with van der Waals surface area (Å²) in [6, 6.07) is 17.7. The Labute approximate surface area is 126 Å². The van der Waals surface area contributed by atoms with Gasteiger partial charge in [-0.05, 0) is 30.2 Å². The Kier molecular flexibility index (Phi) is 5.38. The lowest BCUT2D eigenvalue weighted by atomic mass is 9.98. The summed E-state index contributed by atoms with van der Waals surface area (Å²) in [5.41, 5.74) is 2.12. The lowest BCUT2D eigenvalue weighted by Crippen LogP contribution is -2.28. The highest BCUT2D eigenvalue weighted by Crippen LogP contribution is 2.24. The molecule has 2 aromatic rings. The van der Waals surface area contributed by atoms with Crippen molar-refractivity contribution < 1.29 is 9.53 Å². The summed E-state index contributed by atoms with van der Waals surface area (Å²) in [5.74, 6) is 0.882. The molecule has 1 amide bonds. The zero-order valence-electron chi connectivity index (χ0n) is 12.5. The molecule has 0 fully saturated rings. The molecule has 0 aromatic heterocycles. The van der Waals surface area contributed by atoms with Crippen molar-refractivity contribution in [2.24, 2.45) is 0 Å². The van der Waals surface area contributed by atoms with Gasteiger partial charge in [0.2, 0.25) is 5.91 Å². The van der Waals surface area contributed by atoms with Gasteiger partial charge in [-0.25, -0.2) is 0 Å². The predicted octanol–water partition coefficient (Wildman–Crippen LogP) is 3.70. The SMILES string of the molecule is CCOc1ccc(C(NC(=O)CC)c2ccccc2)cc1. The summed E-state index contributed by atoms with van der Waals surface area (Å²) in [6.07, 6.45) is 0.473. The molecule has 21 heavy (non-hydrogen) atoms. The lowest BCUT2D eigenvalue weighted by molar-refractivity contribution is -0.121. The maximum Gasteiger partial charge on any atom is 0.220 e. The molecule has 0 bridgehead atoms. The van der Waals surface area contributed by atoms with Gasteiger partial charge in [-0.1, -0.05) is 49.4 Å². The first-order valence-corrected chi connectivity index (χ1v) is 7.31. The van der Waals surface area contributed by atoms with E-state index < -0.39 is 0 Å². The second-order valence-corrected chi connectivity index (χ2v) is 4.77. The molecule has 1 atom stereocenters. The number of hydrogen-bond donors (Lipinski definition) is 1. The van der Waals surface area contributed by atoms with Crippen LogP contribution in [-0.2, 0) is 4.79 Å². The van der Waals surface area contributed by atoms with Crippen LogP contribution in [-0.4, -0.2) is 12.5 Å². The highest BCUT2D eigenvalue weighted by Gasteiger charge is 2.15. The van der Waals surface area contributed by atoms with E-state index in [4.69, 9.17) is 4.74 Å². The predicted molar refractivity (Wildman–Crippen MR) is 84.3 cm³/mol. The number of amides is 1. The Balaban J connectivity index is 2.28. The number of carbonyl (C=O) groups excluding carboxylic acids is 1. The van der Waals surface area contributed by atoms with Crippen molar-refractivity contribution in [3.05, 3.63) is 65.7 Å². The van der Waals surface area contributed by atoms with E-state index >= 15 is 0 Å². The quantitative estimate of drug-likeness (QED) is 0.878. The zero-order valence-corrected chi connectivity index (χ0v) is 12.5. The van der Waals surface area contributed by atoms with Gasteiger partial charge in [0.15, 0.2) is 0 Å².